The van der Waals surface area contributed by atoms with Crippen molar-refractivity contribution in [3.8, 4) is 0 Å². The number of esters is 1. The predicted octanol–water partition coefficient (Wildman–Crippen LogP) is 11.3. The second kappa shape index (κ2) is 13.7. The van der Waals surface area contributed by atoms with E-state index in [1.54, 1.807) is 0 Å². The third-order valence-electron chi connectivity index (χ3n) is 16.0. The van der Waals surface area contributed by atoms with Crippen molar-refractivity contribution in [2.45, 2.75) is 132 Å². The van der Waals surface area contributed by atoms with Gasteiger partial charge >= 0.3 is 5.97 Å². The summed E-state index contributed by atoms with van der Waals surface area (Å²) in [6.07, 6.45) is 19.2. The summed E-state index contributed by atoms with van der Waals surface area (Å²) in [6, 6.07) is 9.69. The van der Waals surface area contributed by atoms with Gasteiger partial charge in [0.2, 0.25) is 0 Å². The van der Waals surface area contributed by atoms with E-state index < -0.39 is 18.1 Å². The molecule has 5 aliphatic rings. The van der Waals surface area contributed by atoms with Gasteiger partial charge in [-0.25, -0.2) is 4.39 Å². The number of hydrogen-bond acceptors (Lipinski definition) is 3. The summed E-state index contributed by atoms with van der Waals surface area (Å²) in [5.41, 5.74) is 11.0. The molecule has 0 saturated heterocycles. The molecule has 0 aliphatic heterocycles. The number of carbonyl (C=O) groups is 1. The standard InChI is InChI=1S/C45H66FNO2/c1-31(2)34(16-12-28-47)35-15-11-23-43(6)37(35)17-18-39-42(5)24-21-36(41(3,4)38(42)22-25-44(39,43)7)33-19-26-45(30-46,27-20-33)40(48)49-29-32-13-9-8-10-14-32/h8-10,13-14,19,21,34-35,37-39H,1,11-12,15-18,20,22-30,47H2,2-7H3/t34-,35+,37+,38-,39+,42-,43+,44+,45-/m0/s1. The summed E-state index contributed by atoms with van der Waals surface area (Å²) >= 11 is 0. The zero-order valence-electron chi connectivity index (χ0n) is 31.7. The highest BCUT2D eigenvalue weighted by molar-refractivity contribution is 5.78. The number of fused-ring (bicyclic) bond motifs is 5. The van der Waals surface area contributed by atoms with Crippen LogP contribution < -0.4 is 5.73 Å². The summed E-state index contributed by atoms with van der Waals surface area (Å²) in [4.78, 5) is 13.3. The molecule has 5 aliphatic carbocycles. The maximum Gasteiger partial charge on any atom is 0.315 e. The van der Waals surface area contributed by atoms with Crippen molar-refractivity contribution in [2.24, 2.45) is 62.4 Å². The molecule has 0 unspecified atom stereocenters. The number of allylic oxidation sites excluding steroid dienone is 5. The van der Waals surface area contributed by atoms with Crippen molar-refractivity contribution in [3.63, 3.8) is 0 Å². The van der Waals surface area contributed by atoms with Crippen molar-refractivity contribution in [1.29, 1.82) is 0 Å². The summed E-state index contributed by atoms with van der Waals surface area (Å²) < 4.78 is 20.3. The summed E-state index contributed by atoms with van der Waals surface area (Å²) in [5, 5.41) is 0. The van der Waals surface area contributed by atoms with Gasteiger partial charge in [0.1, 0.15) is 13.3 Å². The number of benzene rings is 1. The molecule has 3 nitrogen and oxygen atoms in total. The third kappa shape index (κ3) is 6.02. The molecule has 6 rings (SSSR count). The minimum Gasteiger partial charge on any atom is -0.460 e. The van der Waals surface area contributed by atoms with Gasteiger partial charge in [-0.05, 0) is 158 Å². The largest absolute Gasteiger partial charge is 0.460 e. The summed E-state index contributed by atoms with van der Waals surface area (Å²) in [5.74, 6) is 3.04. The molecule has 2 N–H and O–H groups in total. The molecule has 1 aromatic rings. The molecule has 4 heteroatoms. The SMILES string of the molecule is C=C(C)[C@H](CCCN)[C@H]1CCC[C@]2(C)[C@@H]1CC[C@@H]1[C@@]3(C)CC=C(C4=CC[C@](CF)(C(=O)OCc5ccccc5)CC4)C(C)(C)[C@@H]3CC[C@]12C. The summed E-state index contributed by atoms with van der Waals surface area (Å²) in [6.45, 7) is 20.2. The van der Waals surface area contributed by atoms with Gasteiger partial charge in [-0.1, -0.05) is 95.7 Å². The fraction of sp³-hybridized carbons (Fsp3) is 0.711. The average Bonchev–Trinajstić information content (AvgIpc) is 3.08. The van der Waals surface area contributed by atoms with E-state index in [9.17, 15) is 9.18 Å². The number of ether oxygens (including phenoxy) is 1. The number of halogens is 1. The Bertz CT molecular complexity index is 1440. The van der Waals surface area contributed by atoms with Crippen LogP contribution in [-0.2, 0) is 16.1 Å². The topological polar surface area (TPSA) is 52.3 Å². The molecule has 9 atom stereocenters. The first-order valence-electron chi connectivity index (χ1n) is 19.8. The van der Waals surface area contributed by atoms with E-state index >= 15 is 0 Å². The number of alkyl halides is 1. The first-order valence-corrected chi connectivity index (χ1v) is 19.8. The Labute approximate surface area is 297 Å². The number of nitrogens with two attached hydrogens (primary N) is 1. The van der Waals surface area contributed by atoms with E-state index in [4.69, 9.17) is 10.5 Å². The molecule has 0 heterocycles. The highest BCUT2D eigenvalue weighted by Gasteiger charge is 2.67. The summed E-state index contributed by atoms with van der Waals surface area (Å²) in [7, 11) is 0. The van der Waals surface area contributed by atoms with Crippen molar-refractivity contribution in [1.82, 2.24) is 0 Å². The first-order chi connectivity index (χ1) is 23.3. The molecule has 0 spiro atoms. The zero-order chi connectivity index (χ0) is 35.2. The first kappa shape index (κ1) is 36.6. The van der Waals surface area contributed by atoms with Gasteiger partial charge in [0.05, 0.1) is 5.41 Å². The predicted molar refractivity (Wildman–Crippen MR) is 200 cm³/mol. The monoisotopic (exact) mass is 672 g/mol. The Morgan fingerprint density at radius 2 is 1.71 bits per heavy atom. The Hall–Kier alpha value is -2.20. The smallest absolute Gasteiger partial charge is 0.315 e. The van der Waals surface area contributed by atoms with Gasteiger partial charge in [0, 0.05) is 0 Å². The normalized spacial score (nSPS) is 38.9. The van der Waals surface area contributed by atoms with E-state index in [2.05, 4.69) is 60.3 Å². The Balaban J connectivity index is 1.22. The van der Waals surface area contributed by atoms with Crippen LogP contribution in [-0.4, -0.2) is 19.2 Å². The van der Waals surface area contributed by atoms with Crippen molar-refractivity contribution in [2.75, 3.05) is 13.2 Å². The molecular formula is C45H66FNO2. The maximum atomic E-state index is 14.7. The van der Waals surface area contributed by atoms with Crippen LogP contribution >= 0.6 is 0 Å². The fourth-order valence-corrected chi connectivity index (χ4v) is 13.2. The Kier molecular flexibility index (Phi) is 10.3. The lowest BCUT2D eigenvalue weighted by Gasteiger charge is -2.71. The van der Waals surface area contributed by atoms with E-state index in [1.807, 2.05) is 30.3 Å². The van der Waals surface area contributed by atoms with Gasteiger partial charge in [0.15, 0.2) is 0 Å². The fourth-order valence-electron chi connectivity index (χ4n) is 13.2. The van der Waals surface area contributed by atoms with E-state index in [0.717, 1.165) is 43.2 Å². The van der Waals surface area contributed by atoms with Crippen molar-refractivity contribution >= 4 is 5.97 Å². The molecule has 0 aromatic heterocycles. The van der Waals surface area contributed by atoms with Crippen LogP contribution in [0.15, 0.2) is 65.8 Å². The molecular weight excluding hydrogens is 605 g/mol. The van der Waals surface area contributed by atoms with E-state index in [1.165, 1.54) is 68.1 Å². The lowest BCUT2D eigenvalue weighted by Crippen LogP contribution is -2.64. The van der Waals surface area contributed by atoms with Crippen LogP contribution in [0.5, 0.6) is 0 Å². The van der Waals surface area contributed by atoms with Crippen LogP contribution in [0.25, 0.3) is 0 Å². The van der Waals surface area contributed by atoms with Crippen LogP contribution in [0.4, 0.5) is 4.39 Å². The van der Waals surface area contributed by atoms with Crippen LogP contribution in [0.1, 0.15) is 131 Å². The molecule has 0 amide bonds. The van der Waals surface area contributed by atoms with Crippen molar-refractivity contribution < 1.29 is 13.9 Å². The molecule has 0 bridgehead atoms. The molecule has 3 saturated carbocycles. The quantitative estimate of drug-likeness (QED) is 0.199. The highest BCUT2D eigenvalue weighted by atomic mass is 19.1. The molecule has 49 heavy (non-hydrogen) atoms. The van der Waals surface area contributed by atoms with Crippen LogP contribution in [0, 0.1) is 56.7 Å². The van der Waals surface area contributed by atoms with Gasteiger partial charge in [-0.15, -0.1) is 0 Å². The second-order valence-corrected chi connectivity index (χ2v) is 18.6. The molecule has 0 radical (unpaired) electrons. The lowest BCUT2D eigenvalue weighted by molar-refractivity contribution is -0.214. The van der Waals surface area contributed by atoms with Gasteiger partial charge in [-0.2, -0.15) is 0 Å². The minimum absolute atomic E-state index is 0.0316. The maximum absolute atomic E-state index is 14.7. The van der Waals surface area contributed by atoms with E-state index in [-0.39, 0.29) is 17.4 Å². The minimum atomic E-state index is -1.07. The van der Waals surface area contributed by atoms with E-state index in [0.29, 0.717) is 41.4 Å². The van der Waals surface area contributed by atoms with Crippen molar-refractivity contribution in [3.05, 3.63) is 71.3 Å². The average molecular weight is 672 g/mol. The van der Waals surface area contributed by atoms with Gasteiger partial charge < -0.3 is 10.5 Å². The van der Waals surface area contributed by atoms with Gasteiger partial charge in [-0.3, -0.25) is 4.79 Å². The van der Waals surface area contributed by atoms with Gasteiger partial charge in [0.25, 0.3) is 0 Å². The molecule has 270 valence electrons. The Morgan fingerprint density at radius 1 is 0.959 bits per heavy atom. The second-order valence-electron chi connectivity index (χ2n) is 18.6. The van der Waals surface area contributed by atoms with Crippen LogP contribution in [0.2, 0.25) is 0 Å². The molecule has 1 aromatic carbocycles. The Morgan fingerprint density at radius 3 is 2.37 bits per heavy atom. The number of hydrogen-bond donors (Lipinski definition) is 1. The number of rotatable bonds is 10. The van der Waals surface area contributed by atoms with Crippen LogP contribution in [0.3, 0.4) is 0 Å². The number of carbonyl (C=O) groups excluding carboxylic acids is 1. The zero-order valence-corrected chi connectivity index (χ0v) is 31.7. The molecule has 3 fully saturated rings. The highest BCUT2D eigenvalue weighted by Crippen LogP contribution is 2.75. The third-order valence-corrected chi connectivity index (χ3v) is 16.0. The lowest BCUT2D eigenvalue weighted by atomic mass is 9.33.